The molecule has 0 unspecified atom stereocenters. The van der Waals surface area contributed by atoms with E-state index < -0.39 is 0 Å². The lowest BCUT2D eigenvalue weighted by atomic mass is 10.2. The summed E-state index contributed by atoms with van der Waals surface area (Å²) in [5.41, 5.74) is 0. The van der Waals surface area contributed by atoms with E-state index in [1.54, 1.807) is 7.11 Å². The maximum atomic E-state index is 4.91. The van der Waals surface area contributed by atoms with Gasteiger partial charge in [0.15, 0.2) is 0 Å². The van der Waals surface area contributed by atoms with Crippen molar-refractivity contribution in [2.45, 2.75) is 0 Å². The van der Waals surface area contributed by atoms with Crippen LogP contribution in [0, 0.1) is 6.42 Å². The normalized spacial score (nSPS) is 15.9. The fourth-order valence-electron chi connectivity index (χ4n) is 0.557. The SMILES string of the molecule is C[O+]=C1C=C[CH+]C=C1. The molecular formula is C7H8O+2. The predicted octanol–water partition coefficient (Wildman–Crippen LogP) is 1.05. The van der Waals surface area contributed by atoms with Gasteiger partial charge in [-0.15, -0.1) is 0 Å². The summed E-state index contributed by atoms with van der Waals surface area (Å²) in [6.45, 7) is 0. The van der Waals surface area contributed by atoms with Crippen molar-refractivity contribution < 1.29 is 4.42 Å². The lowest BCUT2D eigenvalue weighted by molar-refractivity contribution is -0.417. The second-order valence-electron chi connectivity index (χ2n) is 1.52. The maximum absolute atomic E-state index is 4.91. The van der Waals surface area contributed by atoms with E-state index in [-0.39, 0.29) is 0 Å². The molecule has 0 saturated carbocycles. The van der Waals surface area contributed by atoms with Crippen LogP contribution in [0.5, 0.6) is 0 Å². The molecule has 0 saturated heterocycles. The Bertz CT molecular complexity index is 138. The molecular weight excluding hydrogens is 100 g/mol. The summed E-state index contributed by atoms with van der Waals surface area (Å²) in [5.74, 6) is 0.910. The van der Waals surface area contributed by atoms with Gasteiger partial charge in [-0.05, 0) is 0 Å². The van der Waals surface area contributed by atoms with Crippen molar-refractivity contribution in [2.24, 2.45) is 0 Å². The average Bonchev–Trinajstić information content (AvgIpc) is 1.90. The van der Waals surface area contributed by atoms with Crippen LogP contribution in [0.3, 0.4) is 0 Å². The minimum Gasteiger partial charge on any atom is -0.233 e. The first kappa shape index (κ1) is 5.16. The van der Waals surface area contributed by atoms with E-state index >= 15 is 0 Å². The van der Waals surface area contributed by atoms with Gasteiger partial charge in [0.25, 0.3) is 7.11 Å². The Hall–Kier alpha value is -0.980. The number of hydrogen-bond acceptors (Lipinski definition) is 0. The summed E-state index contributed by atoms with van der Waals surface area (Å²) in [6.07, 6.45) is 9.68. The van der Waals surface area contributed by atoms with E-state index in [2.05, 4.69) is 0 Å². The molecule has 1 aliphatic rings. The van der Waals surface area contributed by atoms with E-state index in [1.807, 2.05) is 30.7 Å². The standard InChI is InChI=1S/C7H8O/c1-8-7-5-3-2-4-6-7/h2-6H,1H3/q+2. The Kier molecular flexibility index (Phi) is 1.52. The highest BCUT2D eigenvalue weighted by Crippen LogP contribution is 1.93. The topological polar surface area (TPSA) is 11.3 Å². The van der Waals surface area contributed by atoms with Gasteiger partial charge in [-0.3, -0.25) is 0 Å². The van der Waals surface area contributed by atoms with E-state index in [4.69, 9.17) is 4.42 Å². The molecule has 0 bridgehead atoms. The molecule has 1 rings (SSSR count). The predicted molar refractivity (Wildman–Crippen MR) is 33.5 cm³/mol. The van der Waals surface area contributed by atoms with E-state index in [1.165, 1.54) is 0 Å². The summed E-state index contributed by atoms with van der Waals surface area (Å²) in [7, 11) is 1.66. The Morgan fingerprint density at radius 2 is 2.00 bits per heavy atom. The first-order valence-electron chi connectivity index (χ1n) is 2.52. The van der Waals surface area contributed by atoms with Crippen LogP contribution >= 0.6 is 0 Å². The van der Waals surface area contributed by atoms with Crippen molar-refractivity contribution >= 4 is 5.78 Å². The van der Waals surface area contributed by atoms with Crippen LogP contribution in [-0.2, 0) is 4.42 Å². The van der Waals surface area contributed by atoms with Crippen LogP contribution in [0.4, 0.5) is 0 Å². The Morgan fingerprint density at radius 3 is 2.38 bits per heavy atom. The molecule has 8 heavy (non-hydrogen) atoms. The largest absolute Gasteiger partial charge is 0.448 e. The van der Waals surface area contributed by atoms with Crippen molar-refractivity contribution in [3.05, 3.63) is 30.7 Å². The quantitative estimate of drug-likeness (QED) is 0.324. The van der Waals surface area contributed by atoms with Crippen molar-refractivity contribution in [1.29, 1.82) is 0 Å². The molecule has 0 heterocycles. The van der Waals surface area contributed by atoms with Crippen molar-refractivity contribution in [1.82, 2.24) is 0 Å². The molecule has 0 atom stereocenters. The average molecular weight is 108 g/mol. The fraction of sp³-hybridized carbons (Fsp3) is 0.143. The smallest absolute Gasteiger partial charge is 0.233 e. The van der Waals surface area contributed by atoms with Gasteiger partial charge in [0.2, 0.25) is 0 Å². The Labute approximate surface area is 49.0 Å². The fourth-order valence-corrected chi connectivity index (χ4v) is 0.557. The molecule has 0 radical (unpaired) electrons. The van der Waals surface area contributed by atoms with Crippen LogP contribution in [0.2, 0.25) is 0 Å². The zero-order valence-corrected chi connectivity index (χ0v) is 4.79. The summed E-state index contributed by atoms with van der Waals surface area (Å²) in [4.78, 5) is 0. The van der Waals surface area contributed by atoms with E-state index in [9.17, 15) is 0 Å². The van der Waals surface area contributed by atoms with Crippen LogP contribution in [-0.4, -0.2) is 12.9 Å². The molecule has 0 aromatic rings. The molecule has 1 heteroatoms. The lowest BCUT2D eigenvalue weighted by Gasteiger charge is -1.75. The molecule has 0 aromatic heterocycles. The van der Waals surface area contributed by atoms with Crippen molar-refractivity contribution in [2.75, 3.05) is 7.11 Å². The summed E-state index contributed by atoms with van der Waals surface area (Å²) >= 11 is 0. The number of hydrogen-bond donors (Lipinski definition) is 0. The minimum absolute atomic E-state index is 0.910. The summed E-state index contributed by atoms with van der Waals surface area (Å²) < 4.78 is 4.91. The van der Waals surface area contributed by atoms with Gasteiger partial charge in [0.05, 0.1) is 12.2 Å². The molecule has 1 aliphatic carbocycles. The van der Waals surface area contributed by atoms with E-state index in [0.717, 1.165) is 5.78 Å². The van der Waals surface area contributed by atoms with Crippen molar-refractivity contribution in [3.63, 3.8) is 0 Å². The molecule has 0 aromatic carbocycles. The highest BCUT2D eigenvalue weighted by Gasteiger charge is 2.09. The molecule has 0 N–H and O–H groups in total. The van der Waals surface area contributed by atoms with Crippen LogP contribution in [0.1, 0.15) is 0 Å². The number of carbonyl (C=O) groups excluding carboxylic acids is 1. The molecule has 0 aliphatic heterocycles. The number of ketones is 1. The zero-order chi connectivity index (χ0) is 5.82. The third-order valence-corrected chi connectivity index (χ3v) is 0.979. The maximum Gasteiger partial charge on any atom is 0.448 e. The third-order valence-electron chi connectivity index (χ3n) is 0.979. The minimum atomic E-state index is 0.910. The lowest BCUT2D eigenvalue weighted by Crippen LogP contribution is -1.93. The van der Waals surface area contributed by atoms with Gasteiger partial charge in [-0.25, -0.2) is 4.42 Å². The highest BCUT2D eigenvalue weighted by atomic mass is 16.4. The van der Waals surface area contributed by atoms with Gasteiger partial charge >= 0.3 is 5.78 Å². The van der Waals surface area contributed by atoms with Gasteiger partial charge in [-0.2, -0.15) is 0 Å². The molecule has 0 fully saturated rings. The van der Waals surface area contributed by atoms with Crippen LogP contribution in [0.15, 0.2) is 24.3 Å². The molecule has 0 spiro atoms. The van der Waals surface area contributed by atoms with Gasteiger partial charge < -0.3 is 0 Å². The van der Waals surface area contributed by atoms with Crippen LogP contribution < -0.4 is 0 Å². The number of rotatable bonds is 0. The summed E-state index contributed by atoms with van der Waals surface area (Å²) in [5, 5.41) is 0. The molecule has 1 nitrogen and oxygen atoms in total. The van der Waals surface area contributed by atoms with Gasteiger partial charge in [0.1, 0.15) is 12.2 Å². The van der Waals surface area contributed by atoms with Crippen LogP contribution in [0.25, 0.3) is 0 Å². The first-order valence-corrected chi connectivity index (χ1v) is 2.52. The number of allylic oxidation sites excluding steroid dienone is 4. The summed E-state index contributed by atoms with van der Waals surface area (Å²) in [6, 6.07) is 0. The second kappa shape index (κ2) is 2.36. The second-order valence-corrected chi connectivity index (χ2v) is 1.52. The first-order chi connectivity index (χ1) is 3.93. The molecule has 40 valence electrons. The highest BCUT2D eigenvalue weighted by molar-refractivity contribution is 6.00. The van der Waals surface area contributed by atoms with Crippen molar-refractivity contribution in [3.8, 4) is 0 Å². The zero-order valence-electron chi connectivity index (χ0n) is 4.79. The van der Waals surface area contributed by atoms with Gasteiger partial charge in [-0.1, -0.05) is 0 Å². The Morgan fingerprint density at radius 1 is 1.38 bits per heavy atom. The Balaban J connectivity index is 2.69. The van der Waals surface area contributed by atoms with E-state index in [0.29, 0.717) is 0 Å². The third kappa shape index (κ3) is 0.997. The monoisotopic (exact) mass is 108 g/mol. The molecule has 0 amide bonds. The van der Waals surface area contributed by atoms with Gasteiger partial charge in [0, 0.05) is 6.42 Å².